The molecule has 21 heavy (non-hydrogen) atoms. The SMILES string of the molecule is CCOc1ccc(C(N)c2sc(C)cc2Br)cc1OCC. The van der Waals surface area contributed by atoms with Crippen LogP contribution in [0, 0.1) is 6.92 Å². The van der Waals surface area contributed by atoms with E-state index in [1.807, 2.05) is 32.0 Å². The van der Waals surface area contributed by atoms with E-state index in [0.717, 1.165) is 26.4 Å². The monoisotopic (exact) mass is 369 g/mol. The summed E-state index contributed by atoms with van der Waals surface area (Å²) in [7, 11) is 0. The third-order valence-corrected chi connectivity index (χ3v) is 5.10. The van der Waals surface area contributed by atoms with E-state index in [9.17, 15) is 0 Å². The molecule has 2 aromatic rings. The van der Waals surface area contributed by atoms with E-state index >= 15 is 0 Å². The van der Waals surface area contributed by atoms with Crippen molar-refractivity contribution in [1.82, 2.24) is 0 Å². The first-order valence-corrected chi connectivity index (χ1v) is 8.58. The number of ether oxygens (including phenoxy) is 2. The molecule has 5 heteroatoms. The van der Waals surface area contributed by atoms with Gasteiger partial charge in [-0.3, -0.25) is 0 Å². The van der Waals surface area contributed by atoms with Crippen molar-refractivity contribution >= 4 is 27.3 Å². The van der Waals surface area contributed by atoms with Crippen molar-refractivity contribution in [2.45, 2.75) is 26.8 Å². The quantitative estimate of drug-likeness (QED) is 0.804. The Morgan fingerprint density at radius 1 is 1.14 bits per heavy atom. The summed E-state index contributed by atoms with van der Waals surface area (Å²) < 4.78 is 12.3. The number of thiophene rings is 1. The van der Waals surface area contributed by atoms with E-state index in [0.29, 0.717) is 13.2 Å². The molecule has 0 spiro atoms. The first-order valence-electron chi connectivity index (χ1n) is 6.97. The smallest absolute Gasteiger partial charge is 0.161 e. The molecule has 0 radical (unpaired) electrons. The second-order valence-corrected chi connectivity index (χ2v) is 6.76. The van der Waals surface area contributed by atoms with Crippen LogP contribution in [-0.4, -0.2) is 13.2 Å². The number of hydrogen-bond acceptors (Lipinski definition) is 4. The average molecular weight is 370 g/mol. The maximum absolute atomic E-state index is 6.40. The zero-order chi connectivity index (χ0) is 15.4. The Morgan fingerprint density at radius 3 is 2.38 bits per heavy atom. The van der Waals surface area contributed by atoms with Gasteiger partial charge in [0.25, 0.3) is 0 Å². The number of rotatable bonds is 6. The van der Waals surface area contributed by atoms with Crippen LogP contribution in [0.5, 0.6) is 11.5 Å². The first kappa shape index (κ1) is 16.3. The topological polar surface area (TPSA) is 44.5 Å². The molecule has 1 aromatic carbocycles. The van der Waals surface area contributed by atoms with Crippen molar-refractivity contribution in [1.29, 1.82) is 0 Å². The Hall–Kier alpha value is -1.04. The molecule has 114 valence electrons. The van der Waals surface area contributed by atoms with Crippen molar-refractivity contribution in [2.75, 3.05) is 13.2 Å². The number of nitrogens with two attached hydrogens (primary N) is 1. The molecule has 0 saturated carbocycles. The van der Waals surface area contributed by atoms with Crippen molar-refractivity contribution in [3.8, 4) is 11.5 Å². The molecule has 0 aliphatic heterocycles. The summed E-state index contributed by atoms with van der Waals surface area (Å²) in [5, 5.41) is 0. The summed E-state index contributed by atoms with van der Waals surface area (Å²) in [6, 6.07) is 7.82. The molecule has 0 aliphatic carbocycles. The molecular weight excluding hydrogens is 350 g/mol. The van der Waals surface area contributed by atoms with Gasteiger partial charge in [0, 0.05) is 14.2 Å². The second-order valence-electron chi connectivity index (χ2n) is 4.62. The van der Waals surface area contributed by atoms with Crippen LogP contribution in [0.15, 0.2) is 28.7 Å². The molecular formula is C16H20BrNO2S. The predicted molar refractivity (Wildman–Crippen MR) is 91.6 cm³/mol. The fourth-order valence-electron chi connectivity index (χ4n) is 2.13. The molecule has 0 aliphatic rings. The molecule has 0 amide bonds. The maximum atomic E-state index is 6.40. The number of aryl methyl sites for hydroxylation is 1. The summed E-state index contributed by atoms with van der Waals surface area (Å²) in [5.74, 6) is 1.51. The van der Waals surface area contributed by atoms with Crippen LogP contribution in [-0.2, 0) is 0 Å². The van der Waals surface area contributed by atoms with Gasteiger partial charge in [-0.1, -0.05) is 6.07 Å². The Morgan fingerprint density at radius 2 is 1.81 bits per heavy atom. The van der Waals surface area contributed by atoms with Gasteiger partial charge in [-0.15, -0.1) is 11.3 Å². The van der Waals surface area contributed by atoms with Crippen LogP contribution in [0.3, 0.4) is 0 Å². The van der Waals surface area contributed by atoms with Crippen LogP contribution in [0.25, 0.3) is 0 Å². The Balaban J connectivity index is 2.35. The number of benzene rings is 1. The highest BCUT2D eigenvalue weighted by Gasteiger charge is 2.17. The first-order chi connectivity index (χ1) is 10.1. The van der Waals surface area contributed by atoms with Gasteiger partial charge in [0.1, 0.15) is 0 Å². The molecule has 1 aromatic heterocycles. The Labute approximate surface area is 138 Å². The molecule has 0 fully saturated rings. The van der Waals surface area contributed by atoms with Gasteiger partial charge in [0.2, 0.25) is 0 Å². The summed E-state index contributed by atoms with van der Waals surface area (Å²) in [4.78, 5) is 2.36. The van der Waals surface area contributed by atoms with E-state index in [-0.39, 0.29) is 6.04 Å². The van der Waals surface area contributed by atoms with Crippen LogP contribution < -0.4 is 15.2 Å². The van der Waals surface area contributed by atoms with E-state index < -0.39 is 0 Å². The molecule has 2 N–H and O–H groups in total. The lowest BCUT2D eigenvalue weighted by Gasteiger charge is -2.16. The fraction of sp³-hybridized carbons (Fsp3) is 0.375. The van der Waals surface area contributed by atoms with Crippen molar-refractivity contribution < 1.29 is 9.47 Å². The second kappa shape index (κ2) is 7.29. The highest BCUT2D eigenvalue weighted by atomic mass is 79.9. The maximum Gasteiger partial charge on any atom is 0.161 e. The van der Waals surface area contributed by atoms with Crippen LogP contribution in [0.4, 0.5) is 0 Å². The zero-order valence-corrected chi connectivity index (χ0v) is 14.9. The lowest BCUT2D eigenvalue weighted by atomic mass is 10.1. The minimum Gasteiger partial charge on any atom is -0.490 e. The fourth-order valence-corrected chi connectivity index (χ4v) is 4.05. The lowest BCUT2D eigenvalue weighted by Crippen LogP contribution is -2.11. The summed E-state index contributed by atoms with van der Waals surface area (Å²) in [6.45, 7) is 7.21. The standard InChI is InChI=1S/C16H20BrNO2S/c1-4-19-13-7-6-11(9-14(13)20-5-2)15(18)16-12(17)8-10(3)21-16/h6-9,15H,4-5,18H2,1-3H3. The Kier molecular flexibility index (Phi) is 5.67. The third kappa shape index (κ3) is 3.78. The minimum absolute atomic E-state index is 0.173. The molecule has 0 bridgehead atoms. The summed E-state index contributed by atoms with van der Waals surface area (Å²) in [5.41, 5.74) is 7.42. The van der Waals surface area contributed by atoms with Crippen LogP contribution in [0.2, 0.25) is 0 Å². The van der Waals surface area contributed by atoms with Crippen LogP contribution >= 0.6 is 27.3 Å². The van der Waals surface area contributed by atoms with Gasteiger partial charge in [-0.05, 0) is 60.5 Å². The van der Waals surface area contributed by atoms with Gasteiger partial charge >= 0.3 is 0 Å². The lowest BCUT2D eigenvalue weighted by molar-refractivity contribution is 0.287. The summed E-state index contributed by atoms with van der Waals surface area (Å²) in [6.07, 6.45) is 0. The van der Waals surface area contributed by atoms with E-state index in [4.69, 9.17) is 15.2 Å². The number of hydrogen-bond donors (Lipinski definition) is 1. The average Bonchev–Trinajstić information content (AvgIpc) is 2.79. The van der Waals surface area contributed by atoms with E-state index in [1.165, 1.54) is 4.88 Å². The van der Waals surface area contributed by atoms with E-state index in [1.54, 1.807) is 11.3 Å². The summed E-state index contributed by atoms with van der Waals surface area (Å²) >= 11 is 5.29. The Bertz CT molecular complexity index is 612. The molecule has 1 atom stereocenters. The van der Waals surface area contributed by atoms with Gasteiger partial charge in [-0.2, -0.15) is 0 Å². The van der Waals surface area contributed by atoms with Crippen LogP contribution in [0.1, 0.15) is 35.2 Å². The normalized spacial score (nSPS) is 12.2. The van der Waals surface area contributed by atoms with E-state index in [2.05, 4.69) is 28.9 Å². The van der Waals surface area contributed by atoms with Gasteiger partial charge in [0.15, 0.2) is 11.5 Å². The van der Waals surface area contributed by atoms with Crippen molar-refractivity contribution in [2.24, 2.45) is 5.73 Å². The molecule has 2 rings (SSSR count). The minimum atomic E-state index is -0.173. The number of halogens is 1. The van der Waals surface area contributed by atoms with Gasteiger partial charge in [0.05, 0.1) is 19.3 Å². The van der Waals surface area contributed by atoms with Crippen molar-refractivity contribution in [3.05, 3.63) is 44.1 Å². The van der Waals surface area contributed by atoms with Gasteiger partial charge < -0.3 is 15.2 Å². The zero-order valence-electron chi connectivity index (χ0n) is 12.5. The highest BCUT2D eigenvalue weighted by molar-refractivity contribution is 9.10. The largest absolute Gasteiger partial charge is 0.490 e. The molecule has 3 nitrogen and oxygen atoms in total. The predicted octanol–water partition coefficient (Wildman–Crippen LogP) is 4.66. The highest BCUT2D eigenvalue weighted by Crippen LogP contribution is 2.37. The molecule has 1 unspecified atom stereocenters. The molecule has 1 heterocycles. The van der Waals surface area contributed by atoms with Crippen molar-refractivity contribution in [3.63, 3.8) is 0 Å². The van der Waals surface area contributed by atoms with Gasteiger partial charge in [-0.25, -0.2) is 0 Å². The molecule has 0 saturated heterocycles. The third-order valence-electron chi connectivity index (χ3n) is 3.05.